The van der Waals surface area contributed by atoms with Gasteiger partial charge in [0, 0.05) is 18.2 Å². The van der Waals surface area contributed by atoms with E-state index in [-0.39, 0.29) is 29.1 Å². The molecule has 0 bridgehead atoms. The summed E-state index contributed by atoms with van der Waals surface area (Å²) in [6.45, 7) is -2.95. The van der Waals surface area contributed by atoms with Crippen LogP contribution in [0.3, 0.4) is 0 Å². The highest BCUT2D eigenvalue weighted by molar-refractivity contribution is 6.32. The fraction of sp³-hybridized carbons (Fsp3) is 0.200. The molecule has 0 aliphatic carbocycles. The molecule has 0 aliphatic rings. The van der Waals surface area contributed by atoms with Crippen molar-refractivity contribution in [2.75, 3.05) is 7.11 Å². The molecule has 8 nitrogen and oxygen atoms in total. The Kier molecular flexibility index (Phi) is 6.61. The largest absolute Gasteiger partial charge is 0.483 e. The van der Waals surface area contributed by atoms with E-state index in [2.05, 4.69) is 15.0 Å². The van der Waals surface area contributed by atoms with Crippen molar-refractivity contribution in [1.29, 1.82) is 0 Å². The van der Waals surface area contributed by atoms with Gasteiger partial charge in [0.1, 0.15) is 18.1 Å². The summed E-state index contributed by atoms with van der Waals surface area (Å²) >= 11 is 5.81. The predicted molar refractivity (Wildman–Crippen MR) is 89.3 cm³/mol. The maximum absolute atomic E-state index is 12.4. The lowest BCUT2D eigenvalue weighted by Crippen LogP contribution is -2.04. The second-order valence-electron chi connectivity index (χ2n) is 4.78. The van der Waals surface area contributed by atoms with Crippen molar-refractivity contribution < 1.29 is 23.0 Å². The first-order chi connectivity index (χ1) is 12.4. The van der Waals surface area contributed by atoms with Crippen LogP contribution in [-0.2, 0) is 16.1 Å². The van der Waals surface area contributed by atoms with Crippen LogP contribution in [-0.4, -0.2) is 28.7 Å². The maximum atomic E-state index is 12.4. The van der Waals surface area contributed by atoms with Gasteiger partial charge in [0.25, 0.3) is 0 Å². The molecule has 2 rings (SSSR count). The zero-order valence-corrected chi connectivity index (χ0v) is 14.4. The number of nitrogens with two attached hydrogens (primary N) is 2. The number of hydrogen-bond acceptors (Lipinski definition) is 7. The topological polar surface area (TPSA) is 110 Å². The van der Waals surface area contributed by atoms with Gasteiger partial charge in [-0.15, -0.1) is 5.10 Å². The molecule has 2 aromatic rings. The van der Waals surface area contributed by atoms with E-state index in [9.17, 15) is 8.78 Å². The minimum atomic E-state index is -2.99. The number of nitrogens with zero attached hydrogens (tertiary/aromatic N) is 3. The van der Waals surface area contributed by atoms with E-state index in [4.69, 9.17) is 32.5 Å². The molecule has 140 valence electrons. The molecule has 1 aromatic carbocycles. The van der Waals surface area contributed by atoms with Gasteiger partial charge < -0.3 is 25.7 Å². The SMILES string of the molecule is CO/C(N)=C/C=C(\N)OCc1cn(-c2ccc(Cl)c(OC(F)F)c2)nn1. The molecular weight excluding hydrogens is 372 g/mol. The number of halogens is 3. The average Bonchev–Trinajstić information content (AvgIpc) is 3.08. The van der Waals surface area contributed by atoms with E-state index < -0.39 is 6.61 Å². The molecule has 0 spiro atoms. The molecule has 0 saturated heterocycles. The van der Waals surface area contributed by atoms with Crippen molar-refractivity contribution in [3.05, 3.63) is 59.0 Å². The average molecular weight is 388 g/mol. The molecule has 0 fully saturated rings. The summed E-state index contributed by atoms with van der Waals surface area (Å²) in [4.78, 5) is 0. The molecular formula is C15H16ClF2N5O3. The Morgan fingerprint density at radius 2 is 2.04 bits per heavy atom. The Labute approximate surface area is 152 Å². The van der Waals surface area contributed by atoms with Gasteiger partial charge >= 0.3 is 6.61 Å². The standard InChI is InChI=1S/C15H16ClF2N5O3/c1-24-13(19)4-5-14(20)25-8-9-7-23(22-21-9)10-2-3-11(16)12(6-10)26-15(17)18/h2-7,15H,8,19-20H2,1H3/b13-4+,14-5+. The highest BCUT2D eigenvalue weighted by Crippen LogP contribution is 2.28. The van der Waals surface area contributed by atoms with E-state index in [0.29, 0.717) is 11.4 Å². The van der Waals surface area contributed by atoms with Gasteiger partial charge in [-0.3, -0.25) is 0 Å². The molecule has 0 amide bonds. The number of methoxy groups -OCH3 is 1. The fourth-order valence-electron chi connectivity index (χ4n) is 1.75. The molecule has 0 radical (unpaired) electrons. The first kappa shape index (κ1) is 19.3. The number of alkyl halides is 2. The third kappa shape index (κ3) is 5.52. The molecule has 4 N–H and O–H groups in total. The Morgan fingerprint density at radius 1 is 1.31 bits per heavy atom. The van der Waals surface area contributed by atoms with Crippen molar-refractivity contribution in [3.63, 3.8) is 0 Å². The predicted octanol–water partition coefficient (Wildman–Crippen LogP) is 2.29. The lowest BCUT2D eigenvalue weighted by atomic mass is 10.3. The highest BCUT2D eigenvalue weighted by Gasteiger charge is 2.11. The minimum absolute atomic E-state index is 0.0387. The molecule has 0 aliphatic heterocycles. The Hall–Kier alpha value is -3.01. The van der Waals surface area contributed by atoms with Gasteiger partial charge in [-0.2, -0.15) is 8.78 Å². The Bertz CT molecular complexity index is 810. The quantitative estimate of drug-likeness (QED) is 0.528. The minimum Gasteiger partial charge on any atom is -0.483 e. The summed E-state index contributed by atoms with van der Waals surface area (Å²) in [7, 11) is 1.42. The van der Waals surface area contributed by atoms with Crippen molar-refractivity contribution in [2.24, 2.45) is 11.5 Å². The number of allylic oxidation sites excluding steroid dienone is 2. The third-order valence-electron chi connectivity index (χ3n) is 2.97. The van der Waals surface area contributed by atoms with Crippen LogP contribution in [0.15, 0.2) is 48.3 Å². The highest BCUT2D eigenvalue weighted by atomic mass is 35.5. The van der Waals surface area contributed by atoms with E-state index in [1.807, 2.05) is 0 Å². The van der Waals surface area contributed by atoms with Gasteiger partial charge in [0.2, 0.25) is 0 Å². The van der Waals surface area contributed by atoms with Crippen LogP contribution in [0.1, 0.15) is 5.69 Å². The second kappa shape index (κ2) is 8.90. The Balaban J connectivity index is 2.06. The molecule has 0 atom stereocenters. The first-order valence-electron chi connectivity index (χ1n) is 7.14. The summed E-state index contributed by atoms with van der Waals surface area (Å²) < 4.78 is 40.5. The Morgan fingerprint density at radius 3 is 2.73 bits per heavy atom. The maximum Gasteiger partial charge on any atom is 0.387 e. The normalized spacial score (nSPS) is 12.3. The second-order valence-corrected chi connectivity index (χ2v) is 5.19. The van der Waals surface area contributed by atoms with Crippen molar-refractivity contribution in [2.45, 2.75) is 13.2 Å². The van der Waals surface area contributed by atoms with Crippen LogP contribution in [0.25, 0.3) is 5.69 Å². The van der Waals surface area contributed by atoms with Crippen molar-refractivity contribution in [1.82, 2.24) is 15.0 Å². The fourth-order valence-corrected chi connectivity index (χ4v) is 1.91. The lowest BCUT2D eigenvalue weighted by Gasteiger charge is -2.08. The summed E-state index contributed by atoms with van der Waals surface area (Å²) in [6, 6.07) is 4.31. The first-order valence-corrected chi connectivity index (χ1v) is 7.52. The zero-order chi connectivity index (χ0) is 19.1. The summed E-state index contributed by atoms with van der Waals surface area (Å²) in [5.41, 5.74) is 12.0. The van der Waals surface area contributed by atoms with Gasteiger partial charge in [-0.1, -0.05) is 16.8 Å². The van der Waals surface area contributed by atoms with E-state index >= 15 is 0 Å². The van der Waals surface area contributed by atoms with Crippen LogP contribution in [0.5, 0.6) is 5.75 Å². The van der Waals surface area contributed by atoms with Crippen LogP contribution < -0.4 is 16.2 Å². The molecule has 26 heavy (non-hydrogen) atoms. The zero-order valence-electron chi connectivity index (χ0n) is 13.6. The summed E-state index contributed by atoms with van der Waals surface area (Å²) in [5.74, 6) is 0.105. The van der Waals surface area contributed by atoms with E-state index in [1.165, 1.54) is 36.1 Å². The van der Waals surface area contributed by atoms with Crippen LogP contribution in [0.4, 0.5) is 8.78 Å². The van der Waals surface area contributed by atoms with Gasteiger partial charge in [0.05, 0.1) is 24.0 Å². The number of hydrogen-bond donors (Lipinski definition) is 2. The van der Waals surface area contributed by atoms with Crippen LogP contribution in [0.2, 0.25) is 5.02 Å². The van der Waals surface area contributed by atoms with Crippen molar-refractivity contribution >= 4 is 11.6 Å². The van der Waals surface area contributed by atoms with Crippen LogP contribution in [0, 0.1) is 0 Å². The smallest absolute Gasteiger partial charge is 0.387 e. The molecule has 0 saturated carbocycles. The molecule has 1 heterocycles. The van der Waals surface area contributed by atoms with Gasteiger partial charge in [0.15, 0.2) is 11.8 Å². The number of aromatic nitrogens is 3. The molecule has 1 aromatic heterocycles. The summed E-state index contributed by atoms with van der Waals surface area (Å²) in [5, 5.41) is 7.85. The van der Waals surface area contributed by atoms with Gasteiger partial charge in [-0.05, 0) is 12.1 Å². The van der Waals surface area contributed by atoms with Crippen LogP contribution >= 0.6 is 11.6 Å². The third-order valence-corrected chi connectivity index (χ3v) is 3.28. The monoisotopic (exact) mass is 387 g/mol. The number of benzene rings is 1. The molecule has 11 heteroatoms. The van der Waals surface area contributed by atoms with Gasteiger partial charge in [-0.25, -0.2) is 4.68 Å². The van der Waals surface area contributed by atoms with E-state index in [0.717, 1.165) is 0 Å². The molecule has 0 unspecified atom stereocenters. The lowest BCUT2D eigenvalue weighted by molar-refractivity contribution is -0.0497. The summed E-state index contributed by atoms with van der Waals surface area (Å²) in [6.07, 6.45) is 4.41. The van der Waals surface area contributed by atoms with E-state index in [1.54, 1.807) is 12.3 Å². The number of ether oxygens (including phenoxy) is 3. The number of rotatable bonds is 8. The van der Waals surface area contributed by atoms with Crippen molar-refractivity contribution in [3.8, 4) is 11.4 Å².